The largest absolute Gasteiger partial charge is 0.469 e. The molecule has 3 nitrogen and oxygen atoms in total. The van der Waals surface area contributed by atoms with Crippen LogP contribution in [0.25, 0.3) is 0 Å². The number of rotatable bonds is 6. The molecule has 5 rings (SSSR count). The number of alkyl halides is 6. The molecule has 1 aliphatic heterocycles. The summed E-state index contributed by atoms with van der Waals surface area (Å²) in [5.74, 6) is -2.23. The Kier molecular flexibility index (Phi) is 9.12. The summed E-state index contributed by atoms with van der Waals surface area (Å²) in [5.41, 5.74) is -2.59. The van der Waals surface area contributed by atoms with Crippen LogP contribution in [0.3, 0.4) is 0 Å². The minimum Gasteiger partial charge on any atom is -0.469 e. The highest BCUT2D eigenvalue weighted by Gasteiger charge is 2.50. The maximum atomic E-state index is 13.8. The summed E-state index contributed by atoms with van der Waals surface area (Å²) >= 11 is 0. The molecule has 0 unspecified atom stereocenters. The molecule has 1 atom stereocenters. The Morgan fingerprint density at radius 2 is 1.36 bits per heavy atom. The second-order valence-corrected chi connectivity index (χ2v) is 11.9. The summed E-state index contributed by atoms with van der Waals surface area (Å²) < 4.78 is 102. The van der Waals surface area contributed by atoms with E-state index in [9.17, 15) is 35.5 Å². The standard InChI is InChI=1S/C34H34F7NO2/c1-44-31(43)30(24-19-26(33(36,37)38)21-27(20-24)34(39,40)41)32(25-5-3-2-4-6-25)15-11-29(12-16-32)42-17-13-23(14-18-42)22-7-9-28(35)10-8-22/h2-10,19-21,23,29-30H,11-18H2,1H3/t29?,30-,32?/m0/s1. The Morgan fingerprint density at radius 3 is 1.86 bits per heavy atom. The molecule has 3 aromatic carbocycles. The zero-order valence-corrected chi connectivity index (χ0v) is 24.2. The fourth-order valence-corrected chi connectivity index (χ4v) is 7.27. The maximum Gasteiger partial charge on any atom is 0.416 e. The molecular weight excluding hydrogens is 587 g/mol. The third-order valence-electron chi connectivity index (χ3n) is 9.52. The molecule has 1 aliphatic carbocycles. The molecule has 2 aliphatic rings. The van der Waals surface area contributed by atoms with Crippen LogP contribution in [0.5, 0.6) is 0 Å². The molecule has 2 fully saturated rings. The Labute approximate surface area is 252 Å². The van der Waals surface area contributed by atoms with Crippen LogP contribution in [-0.2, 0) is 27.3 Å². The van der Waals surface area contributed by atoms with Crippen molar-refractivity contribution in [2.45, 2.75) is 74.2 Å². The van der Waals surface area contributed by atoms with Crippen molar-refractivity contribution in [3.63, 3.8) is 0 Å². The lowest BCUT2D eigenvalue weighted by molar-refractivity contribution is -0.147. The number of benzene rings is 3. The molecule has 0 radical (unpaired) electrons. The van der Waals surface area contributed by atoms with Crippen molar-refractivity contribution in [2.75, 3.05) is 20.2 Å². The van der Waals surface area contributed by atoms with Crippen LogP contribution < -0.4 is 0 Å². The number of ether oxygens (including phenoxy) is 1. The smallest absolute Gasteiger partial charge is 0.416 e. The van der Waals surface area contributed by atoms with Gasteiger partial charge in [-0.2, -0.15) is 26.3 Å². The minimum atomic E-state index is -5.05. The van der Waals surface area contributed by atoms with Gasteiger partial charge in [-0.25, -0.2) is 4.39 Å². The summed E-state index contributed by atoms with van der Waals surface area (Å²) in [7, 11) is 1.10. The predicted octanol–water partition coefficient (Wildman–Crippen LogP) is 8.88. The first-order valence-electron chi connectivity index (χ1n) is 14.7. The first-order valence-corrected chi connectivity index (χ1v) is 14.7. The zero-order valence-electron chi connectivity index (χ0n) is 24.2. The molecule has 1 heterocycles. The Morgan fingerprint density at radius 1 is 0.818 bits per heavy atom. The summed E-state index contributed by atoms with van der Waals surface area (Å²) in [6.07, 6.45) is -6.36. The van der Waals surface area contributed by atoms with Crippen molar-refractivity contribution in [1.29, 1.82) is 0 Å². The number of nitrogens with zero attached hydrogens (tertiary/aromatic N) is 1. The summed E-state index contributed by atoms with van der Waals surface area (Å²) in [4.78, 5) is 15.9. The van der Waals surface area contributed by atoms with Crippen LogP contribution >= 0.6 is 0 Å². The highest BCUT2D eigenvalue weighted by molar-refractivity contribution is 5.81. The van der Waals surface area contributed by atoms with Gasteiger partial charge in [0.2, 0.25) is 0 Å². The number of carbonyl (C=O) groups excluding carboxylic acids is 1. The lowest BCUT2D eigenvalue weighted by Gasteiger charge is -2.48. The van der Waals surface area contributed by atoms with E-state index in [4.69, 9.17) is 4.74 Å². The third-order valence-corrected chi connectivity index (χ3v) is 9.52. The fourth-order valence-electron chi connectivity index (χ4n) is 7.27. The molecule has 1 saturated heterocycles. The lowest BCUT2D eigenvalue weighted by atomic mass is 9.59. The SMILES string of the molecule is COC(=O)[C@H](c1cc(C(F)(F)F)cc(C(F)(F)F)c1)C1(c2ccccc2)CCC(N2CCC(c3ccc(F)cc3)CC2)CC1. The highest BCUT2D eigenvalue weighted by atomic mass is 19.4. The van der Waals surface area contributed by atoms with E-state index in [0.717, 1.165) is 38.6 Å². The summed E-state index contributed by atoms with van der Waals surface area (Å²) in [5, 5.41) is 0. The average Bonchev–Trinajstić information content (AvgIpc) is 3.01. The molecule has 10 heteroatoms. The van der Waals surface area contributed by atoms with Gasteiger partial charge in [0.15, 0.2) is 0 Å². The van der Waals surface area contributed by atoms with Gasteiger partial charge in [0, 0.05) is 11.5 Å². The second-order valence-electron chi connectivity index (χ2n) is 11.9. The van der Waals surface area contributed by atoms with Gasteiger partial charge >= 0.3 is 18.3 Å². The molecule has 44 heavy (non-hydrogen) atoms. The topological polar surface area (TPSA) is 29.5 Å². The van der Waals surface area contributed by atoms with E-state index in [2.05, 4.69) is 4.90 Å². The van der Waals surface area contributed by atoms with E-state index >= 15 is 0 Å². The van der Waals surface area contributed by atoms with E-state index in [0.29, 0.717) is 49.3 Å². The lowest BCUT2D eigenvalue weighted by Crippen LogP contribution is -2.48. The number of piperidine rings is 1. The van der Waals surface area contributed by atoms with Gasteiger partial charge in [-0.1, -0.05) is 42.5 Å². The predicted molar refractivity (Wildman–Crippen MR) is 152 cm³/mol. The van der Waals surface area contributed by atoms with Crippen molar-refractivity contribution < 1.29 is 40.3 Å². The van der Waals surface area contributed by atoms with E-state index in [-0.39, 0.29) is 23.5 Å². The van der Waals surface area contributed by atoms with Crippen LogP contribution in [0, 0.1) is 5.82 Å². The first kappa shape index (κ1) is 32.0. The van der Waals surface area contributed by atoms with E-state index in [1.54, 1.807) is 30.3 Å². The van der Waals surface area contributed by atoms with E-state index < -0.39 is 40.8 Å². The number of halogens is 7. The van der Waals surface area contributed by atoms with Gasteiger partial charge in [0.05, 0.1) is 24.2 Å². The number of hydrogen-bond acceptors (Lipinski definition) is 3. The van der Waals surface area contributed by atoms with Crippen LogP contribution in [-0.4, -0.2) is 37.1 Å². The van der Waals surface area contributed by atoms with Crippen LogP contribution in [0.1, 0.15) is 78.2 Å². The number of carbonyl (C=O) groups is 1. The zero-order chi connectivity index (χ0) is 31.7. The summed E-state index contributed by atoms with van der Waals surface area (Å²) in [6.45, 7) is 1.63. The van der Waals surface area contributed by atoms with Crippen LogP contribution in [0.15, 0.2) is 72.8 Å². The number of esters is 1. The van der Waals surface area contributed by atoms with Crippen LogP contribution in [0.2, 0.25) is 0 Å². The third kappa shape index (κ3) is 6.65. The Hall–Kier alpha value is -3.40. The van der Waals surface area contributed by atoms with E-state index in [1.165, 1.54) is 12.1 Å². The molecule has 236 valence electrons. The molecular formula is C34H34F7NO2. The first-order chi connectivity index (χ1) is 20.8. The summed E-state index contributed by atoms with van der Waals surface area (Å²) in [6, 6.07) is 16.9. The minimum absolute atomic E-state index is 0.0828. The maximum absolute atomic E-state index is 13.8. The molecule has 3 aromatic rings. The average molecular weight is 622 g/mol. The molecule has 1 saturated carbocycles. The van der Waals surface area contributed by atoms with Gasteiger partial charge in [-0.15, -0.1) is 0 Å². The monoisotopic (exact) mass is 621 g/mol. The molecule has 0 N–H and O–H groups in total. The van der Waals surface area contributed by atoms with Gasteiger partial charge in [-0.3, -0.25) is 4.79 Å². The second kappa shape index (κ2) is 12.5. The van der Waals surface area contributed by atoms with Gasteiger partial charge in [-0.05, 0) is 105 Å². The Bertz CT molecular complexity index is 1390. The highest BCUT2D eigenvalue weighted by Crippen LogP contribution is 2.52. The molecule has 0 bridgehead atoms. The molecule has 0 spiro atoms. The van der Waals surface area contributed by atoms with Crippen molar-refractivity contribution in [2.24, 2.45) is 0 Å². The quantitative estimate of drug-likeness (QED) is 0.203. The van der Waals surface area contributed by atoms with Crippen LogP contribution in [0.4, 0.5) is 30.7 Å². The van der Waals surface area contributed by atoms with Gasteiger partial charge < -0.3 is 9.64 Å². The molecule has 0 aromatic heterocycles. The fraction of sp³-hybridized carbons (Fsp3) is 0.441. The van der Waals surface area contributed by atoms with Gasteiger partial charge in [0.1, 0.15) is 5.82 Å². The van der Waals surface area contributed by atoms with E-state index in [1.807, 2.05) is 12.1 Å². The van der Waals surface area contributed by atoms with Gasteiger partial charge in [0.25, 0.3) is 0 Å². The number of methoxy groups -OCH3 is 1. The van der Waals surface area contributed by atoms with Crippen molar-refractivity contribution in [3.05, 3.63) is 106 Å². The normalized spacial score (nSPS) is 22.9. The number of hydrogen-bond donors (Lipinski definition) is 0. The number of likely N-dealkylation sites (tertiary alicyclic amines) is 1. The van der Waals surface area contributed by atoms with Crippen molar-refractivity contribution >= 4 is 5.97 Å². The Balaban J connectivity index is 1.46. The molecule has 0 amide bonds. The van der Waals surface area contributed by atoms with Crippen molar-refractivity contribution in [1.82, 2.24) is 4.90 Å². The van der Waals surface area contributed by atoms with Crippen molar-refractivity contribution in [3.8, 4) is 0 Å².